The number of ether oxygens (including phenoxy) is 1. The van der Waals surface area contributed by atoms with E-state index < -0.39 is 5.60 Å². The van der Waals surface area contributed by atoms with Crippen molar-refractivity contribution < 1.29 is 9.53 Å². The van der Waals surface area contributed by atoms with Crippen LogP contribution in [0.4, 0.5) is 4.79 Å². The van der Waals surface area contributed by atoms with Gasteiger partial charge in [0.25, 0.3) is 0 Å². The molecule has 0 radical (unpaired) electrons. The summed E-state index contributed by atoms with van der Waals surface area (Å²) in [5, 5.41) is 11.9. The molecule has 1 aromatic rings. The Morgan fingerprint density at radius 3 is 2.55 bits per heavy atom. The number of thiazole rings is 1. The Labute approximate surface area is 182 Å². The monoisotopic (exact) mass is 441 g/mol. The van der Waals surface area contributed by atoms with Crippen LogP contribution in [0.1, 0.15) is 59.8 Å². The number of thioether (sulfide) groups is 1. The van der Waals surface area contributed by atoms with E-state index in [1.807, 2.05) is 32.3 Å². The fourth-order valence-electron chi connectivity index (χ4n) is 3.07. The topological polar surface area (TPSA) is 87.6 Å². The number of carbonyl (C=O) groups excluding carboxylic acids is 1. The maximum absolute atomic E-state index is 11.9. The van der Waals surface area contributed by atoms with Gasteiger partial charge in [0.15, 0.2) is 5.96 Å². The molecule has 0 bridgehead atoms. The third-order valence-electron chi connectivity index (χ3n) is 4.34. The maximum atomic E-state index is 11.9. The first kappa shape index (κ1) is 23.8. The molecular weight excluding hydrogens is 406 g/mol. The van der Waals surface area contributed by atoms with Crippen molar-refractivity contribution in [2.24, 2.45) is 4.99 Å². The average molecular weight is 442 g/mol. The van der Waals surface area contributed by atoms with Crippen molar-refractivity contribution in [3.63, 3.8) is 0 Å². The van der Waals surface area contributed by atoms with Crippen LogP contribution in [0.3, 0.4) is 0 Å². The number of hydrogen-bond acceptors (Lipinski definition) is 6. The van der Waals surface area contributed by atoms with E-state index in [4.69, 9.17) is 9.73 Å². The van der Waals surface area contributed by atoms with Crippen molar-refractivity contribution in [1.82, 2.24) is 20.9 Å². The molecule has 1 fully saturated rings. The van der Waals surface area contributed by atoms with E-state index >= 15 is 0 Å². The zero-order valence-corrected chi connectivity index (χ0v) is 19.6. The first-order valence-electron chi connectivity index (χ1n) is 10.4. The molecule has 164 valence electrons. The fraction of sp³-hybridized carbons (Fsp3) is 0.750. The van der Waals surface area contributed by atoms with Crippen molar-refractivity contribution in [3.8, 4) is 0 Å². The standard InChI is InChI=1S/C20H35N5O2S2/c1-5-21-17(22-11-6-13-28-19-23-12-14-29-19)24-15-7-9-16(10-8-15)25-18(26)27-20(2,3)4/h12,14-16H,5-11,13H2,1-4H3,(H,25,26)(H2,21,22,24). The summed E-state index contributed by atoms with van der Waals surface area (Å²) in [6.45, 7) is 9.36. The van der Waals surface area contributed by atoms with Crippen molar-refractivity contribution >= 4 is 35.2 Å². The number of hydrogen-bond donors (Lipinski definition) is 3. The Morgan fingerprint density at radius 1 is 1.28 bits per heavy atom. The third kappa shape index (κ3) is 10.2. The zero-order chi connectivity index (χ0) is 21.1. The highest BCUT2D eigenvalue weighted by molar-refractivity contribution is 8.00. The van der Waals surface area contributed by atoms with Gasteiger partial charge >= 0.3 is 6.09 Å². The lowest BCUT2D eigenvalue weighted by molar-refractivity contribution is 0.0490. The molecule has 1 heterocycles. The van der Waals surface area contributed by atoms with Crippen LogP contribution in [-0.4, -0.2) is 53.6 Å². The summed E-state index contributed by atoms with van der Waals surface area (Å²) in [6.07, 6.45) is 6.44. The second kappa shape index (κ2) is 12.3. The second-order valence-corrected chi connectivity index (χ2v) is 10.3. The summed E-state index contributed by atoms with van der Waals surface area (Å²) in [5.74, 6) is 1.91. The van der Waals surface area contributed by atoms with E-state index in [1.54, 1.807) is 23.1 Å². The number of rotatable bonds is 8. The van der Waals surface area contributed by atoms with Gasteiger partial charge in [-0.2, -0.15) is 0 Å². The van der Waals surface area contributed by atoms with Crippen molar-refractivity contribution in [3.05, 3.63) is 11.6 Å². The van der Waals surface area contributed by atoms with Gasteiger partial charge in [0.1, 0.15) is 9.94 Å². The number of nitrogens with one attached hydrogen (secondary N) is 3. The number of nitrogens with zero attached hydrogens (tertiary/aromatic N) is 2. The van der Waals surface area contributed by atoms with Gasteiger partial charge in [-0.25, -0.2) is 9.78 Å². The lowest BCUT2D eigenvalue weighted by Gasteiger charge is -2.31. The first-order valence-corrected chi connectivity index (χ1v) is 12.3. The molecule has 1 amide bonds. The molecule has 1 aromatic heterocycles. The smallest absolute Gasteiger partial charge is 0.407 e. The molecule has 7 nitrogen and oxygen atoms in total. The highest BCUT2D eigenvalue weighted by atomic mass is 32.2. The number of aromatic nitrogens is 1. The molecule has 0 atom stereocenters. The molecule has 1 aliphatic rings. The molecular formula is C20H35N5O2S2. The first-order chi connectivity index (χ1) is 13.9. The number of alkyl carbamates (subject to hydrolysis) is 1. The summed E-state index contributed by atoms with van der Waals surface area (Å²) < 4.78 is 6.47. The lowest BCUT2D eigenvalue weighted by Crippen LogP contribution is -2.48. The SMILES string of the molecule is CCNC(=NCCCSc1nccs1)NC1CCC(NC(=O)OC(C)(C)C)CC1. The highest BCUT2D eigenvalue weighted by Crippen LogP contribution is 2.21. The predicted molar refractivity (Wildman–Crippen MR) is 122 cm³/mol. The van der Waals surface area contributed by atoms with E-state index in [-0.39, 0.29) is 12.1 Å². The van der Waals surface area contributed by atoms with E-state index in [2.05, 4.69) is 27.9 Å². The van der Waals surface area contributed by atoms with Gasteiger partial charge in [-0.1, -0.05) is 11.8 Å². The second-order valence-electron chi connectivity index (χ2n) is 8.10. The van der Waals surface area contributed by atoms with E-state index in [0.29, 0.717) is 6.04 Å². The van der Waals surface area contributed by atoms with Crippen LogP contribution >= 0.6 is 23.1 Å². The molecule has 1 saturated carbocycles. The molecule has 3 N–H and O–H groups in total. The van der Waals surface area contributed by atoms with Gasteiger partial charge < -0.3 is 20.7 Å². The van der Waals surface area contributed by atoms with Crippen LogP contribution in [0.15, 0.2) is 20.9 Å². The molecule has 9 heteroatoms. The Bertz CT molecular complexity index is 623. The van der Waals surface area contributed by atoms with Gasteiger partial charge in [0, 0.05) is 42.5 Å². The third-order valence-corrected chi connectivity index (χ3v) is 6.39. The maximum Gasteiger partial charge on any atom is 0.407 e. The Kier molecular flexibility index (Phi) is 10.1. The van der Waals surface area contributed by atoms with Crippen molar-refractivity contribution in [2.75, 3.05) is 18.8 Å². The van der Waals surface area contributed by atoms with Crippen molar-refractivity contribution in [1.29, 1.82) is 0 Å². The van der Waals surface area contributed by atoms with Gasteiger partial charge in [-0.15, -0.1) is 11.3 Å². The van der Waals surface area contributed by atoms with Crippen LogP contribution in [-0.2, 0) is 4.74 Å². The Balaban J connectivity index is 1.67. The van der Waals surface area contributed by atoms with Crippen LogP contribution in [0.5, 0.6) is 0 Å². The summed E-state index contributed by atoms with van der Waals surface area (Å²) in [5.41, 5.74) is -0.460. The minimum Gasteiger partial charge on any atom is -0.444 e. The minimum absolute atomic E-state index is 0.185. The van der Waals surface area contributed by atoms with Crippen LogP contribution in [0, 0.1) is 0 Å². The highest BCUT2D eigenvalue weighted by Gasteiger charge is 2.25. The molecule has 0 spiro atoms. The largest absolute Gasteiger partial charge is 0.444 e. The van der Waals surface area contributed by atoms with Gasteiger partial charge in [-0.3, -0.25) is 4.99 Å². The van der Waals surface area contributed by atoms with Crippen LogP contribution in [0.25, 0.3) is 0 Å². The number of amides is 1. The molecule has 2 rings (SSSR count). The Hall–Kier alpha value is -1.48. The van der Waals surface area contributed by atoms with Gasteiger partial charge in [-0.05, 0) is 59.8 Å². The molecule has 0 saturated heterocycles. The van der Waals surface area contributed by atoms with Crippen LogP contribution in [0.2, 0.25) is 0 Å². The zero-order valence-electron chi connectivity index (χ0n) is 18.0. The van der Waals surface area contributed by atoms with E-state index in [1.165, 1.54) is 0 Å². The predicted octanol–water partition coefficient (Wildman–Crippen LogP) is 4.02. The number of guanidine groups is 1. The average Bonchev–Trinajstić information content (AvgIpc) is 3.15. The normalized spacial score (nSPS) is 20.2. The summed E-state index contributed by atoms with van der Waals surface area (Å²) >= 11 is 3.47. The molecule has 1 aliphatic carbocycles. The van der Waals surface area contributed by atoms with Crippen LogP contribution < -0.4 is 16.0 Å². The van der Waals surface area contributed by atoms with E-state index in [0.717, 1.165) is 61.2 Å². The number of carbonyl (C=O) groups is 1. The van der Waals surface area contributed by atoms with Gasteiger partial charge in [0.2, 0.25) is 0 Å². The minimum atomic E-state index is -0.460. The summed E-state index contributed by atoms with van der Waals surface area (Å²) in [4.78, 5) is 20.9. The Morgan fingerprint density at radius 2 is 1.97 bits per heavy atom. The van der Waals surface area contributed by atoms with Crippen molar-refractivity contribution in [2.45, 2.75) is 81.8 Å². The fourth-order valence-corrected chi connectivity index (χ4v) is 4.70. The lowest BCUT2D eigenvalue weighted by atomic mass is 9.91. The van der Waals surface area contributed by atoms with Gasteiger partial charge in [0.05, 0.1) is 0 Å². The molecule has 0 aliphatic heterocycles. The summed E-state index contributed by atoms with van der Waals surface area (Å²) in [7, 11) is 0. The molecule has 29 heavy (non-hydrogen) atoms. The summed E-state index contributed by atoms with van der Waals surface area (Å²) in [6, 6.07) is 0.569. The van der Waals surface area contributed by atoms with E-state index in [9.17, 15) is 4.79 Å². The quantitative estimate of drug-likeness (QED) is 0.244. The molecule has 0 aromatic carbocycles. The molecule has 0 unspecified atom stereocenters. The number of aliphatic imine (C=N–C) groups is 1.